The average Bonchev–Trinajstić information content (AvgIpc) is 2.69. The molecule has 0 atom stereocenters. The van der Waals surface area contributed by atoms with Crippen LogP contribution in [0.3, 0.4) is 0 Å². The van der Waals surface area contributed by atoms with E-state index in [4.69, 9.17) is 14.2 Å². The van der Waals surface area contributed by atoms with Crippen LogP contribution in [0.15, 0.2) is 53.4 Å². The van der Waals surface area contributed by atoms with Gasteiger partial charge in [0.2, 0.25) is 0 Å². The van der Waals surface area contributed by atoms with Crippen LogP contribution in [0.4, 0.5) is 0 Å². The highest BCUT2D eigenvalue weighted by molar-refractivity contribution is 8.00. The molecule has 26 heavy (non-hydrogen) atoms. The van der Waals surface area contributed by atoms with Gasteiger partial charge >= 0.3 is 5.97 Å². The molecule has 0 radical (unpaired) electrons. The molecule has 6 nitrogen and oxygen atoms in total. The Labute approximate surface area is 156 Å². The Hall–Kier alpha value is -2.67. The molecule has 0 fully saturated rings. The molecule has 0 spiro atoms. The number of esters is 1. The zero-order chi connectivity index (χ0) is 18.8. The second-order valence-corrected chi connectivity index (χ2v) is 6.26. The molecule has 0 aliphatic rings. The predicted octanol–water partition coefficient (Wildman–Crippen LogP) is 2.66. The lowest BCUT2D eigenvalue weighted by Gasteiger charge is -2.10. The zero-order valence-electron chi connectivity index (χ0n) is 14.7. The highest BCUT2D eigenvalue weighted by Crippen LogP contribution is 2.21. The molecule has 2 rings (SSSR count). The fraction of sp³-hybridized carbons (Fsp3) is 0.263. The van der Waals surface area contributed by atoms with Crippen LogP contribution < -0.4 is 14.8 Å². The minimum atomic E-state index is -0.446. The number of nitrogens with one attached hydrogen (secondary N) is 1. The fourth-order valence-corrected chi connectivity index (χ4v) is 2.79. The molecule has 138 valence electrons. The second kappa shape index (κ2) is 10.4. The van der Waals surface area contributed by atoms with Gasteiger partial charge in [0.05, 0.1) is 20.0 Å². The lowest BCUT2D eigenvalue weighted by atomic mass is 10.2. The topological polar surface area (TPSA) is 73.9 Å². The summed E-state index contributed by atoms with van der Waals surface area (Å²) in [6, 6.07) is 14.7. The maximum atomic E-state index is 11.8. The minimum absolute atomic E-state index is 0.131. The molecule has 1 amide bonds. The van der Waals surface area contributed by atoms with Crippen molar-refractivity contribution in [3.8, 4) is 11.5 Å². The molecule has 0 saturated carbocycles. The van der Waals surface area contributed by atoms with Crippen molar-refractivity contribution in [1.29, 1.82) is 0 Å². The maximum Gasteiger partial charge on any atom is 0.316 e. The van der Waals surface area contributed by atoms with Gasteiger partial charge < -0.3 is 19.5 Å². The molecule has 0 aliphatic carbocycles. The van der Waals surface area contributed by atoms with Crippen molar-refractivity contribution in [3.05, 3.63) is 54.1 Å². The zero-order valence-corrected chi connectivity index (χ0v) is 15.5. The summed E-state index contributed by atoms with van der Waals surface area (Å²) >= 11 is 1.34. The molecule has 2 aromatic rings. The van der Waals surface area contributed by atoms with Crippen molar-refractivity contribution in [2.24, 2.45) is 0 Å². The van der Waals surface area contributed by atoms with Gasteiger partial charge in [-0.05, 0) is 30.3 Å². The Morgan fingerprint density at radius 1 is 1.00 bits per heavy atom. The molecule has 0 aromatic heterocycles. The summed E-state index contributed by atoms with van der Waals surface area (Å²) < 4.78 is 15.3. The molecule has 0 bridgehead atoms. The molecule has 0 unspecified atom stereocenters. The van der Waals surface area contributed by atoms with E-state index in [1.54, 1.807) is 14.2 Å². The molecule has 0 saturated heterocycles. The van der Waals surface area contributed by atoms with E-state index in [1.165, 1.54) is 11.8 Å². The summed E-state index contributed by atoms with van der Waals surface area (Å²) in [5.41, 5.74) is 0.852. The Kier molecular flexibility index (Phi) is 7.82. The number of carbonyl (C=O) groups is 2. The number of para-hydroxylation sites is 1. The average molecular weight is 375 g/mol. The van der Waals surface area contributed by atoms with Crippen LogP contribution >= 0.6 is 11.8 Å². The highest BCUT2D eigenvalue weighted by Gasteiger charge is 2.09. The predicted molar refractivity (Wildman–Crippen MR) is 99.5 cm³/mol. The van der Waals surface area contributed by atoms with E-state index in [0.29, 0.717) is 12.3 Å². The summed E-state index contributed by atoms with van der Waals surface area (Å²) in [6.07, 6.45) is 0. The van der Waals surface area contributed by atoms with Crippen LogP contribution in [0, 0.1) is 0 Å². The normalized spacial score (nSPS) is 10.1. The quantitative estimate of drug-likeness (QED) is 0.537. The SMILES string of the molecule is COc1ccc(SCC(=O)OCC(=O)NCc2ccccc2OC)cc1. The number of thioether (sulfide) groups is 1. The smallest absolute Gasteiger partial charge is 0.316 e. The van der Waals surface area contributed by atoms with Gasteiger partial charge in [-0.3, -0.25) is 9.59 Å². The van der Waals surface area contributed by atoms with Crippen LogP contribution in [0.1, 0.15) is 5.56 Å². The van der Waals surface area contributed by atoms with Crippen molar-refractivity contribution in [3.63, 3.8) is 0 Å². The third-order valence-corrected chi connectivity index (χ3v) is 4.43. The minimum Gasteiger partial charge on any atom is -0.497 e. The summed E-state index contributed by atoms with van der Waals surface area (Å²) in [5, 5.41) is 2.70. The van der Waals surface area contributed by atoms with Gasteiger partial charge in [0, 0.05) is 17.0 Å². The standard InChI is InChI=1S/C19H21NO5S/c1-23-15-7-9-16(10-8-15)26-13-19(22)25-12-18(21)20-11-14-5-3-4-6-17(14)24-2/h3-10H,11-13H2,1-2H3,(H,20,21). The lowest BCUT2D eigenvalue weighted by molar-refractivity contribution is -0.145. The van der Waals surface area contributed by atoms with Crippen molar-refractivity contribution < 1.29 is 23.8 Å². The molecule has 0 aliphatic heterocycles. The van der Waals surface area contributed by atoms with Gasteiger partial charge in [-0.2, -0.15) is 0 Å². The summed E-state index contributed by atoms with van der Waals surface area (Å²) in [5.74, 6) is 0.771. The number of rotatable bonds is 9. The lowest BCUT2D eigenvalue weighted by Crippen LogP contribution is -2.28. The number of amides is 1. The van der Waals surface area contributed by atoms with E-state index in [0.717, 1.165) is 16.2 Å². The molecular weight excluding hydrogens is 354 g/mol. The maximum absolute atomic E-state index is 11.8. The number of carbonyl (C=O) groups excluding carboxylic acids is 2. The number of benzene rings is 2. The summed E-state index contributed by atoms with van der Waals surface area (Å²) in [4.78, 5) is 24.5. The molecule has 7 heteroatoms. The van der Waals surface area contributed by atoms with Gasteiger partial charge in [0.25, 0.3) is 5.91 Å². The Morgan fingerprint density at radius 2 is 1.73 bits per heavy atom. The Morgan fingerprint density at radius 3 is 2.42 bits per heavy atom. The van der Waals surface area contributed by atoms with Gasteiger partial charge in [0.15, 0.2) is 6.61 Å². The largest absolute Gasteiger partial charge is 0.497 e. The number of hydrogen-bond acceptors (Lipinski definition) is 6. The third-order valence-electron chi connectivity index (χ3n) is 3.45. The first kappa shape index (κ1) is 19.7. The van der Waals surface area contributed by atoms with Crippen LogP contribution in [-0.2, 0) is 20.9 Å². The third kappa shape index (κ3) is 6.33. The van der Waals surface area contributed by atoms with Crippen LogP contribution in [0.5, 0.6) is 11.5 Å². The van der Waals surface area contributed by atoms with Crippen LogP contribution in [-0.4, -0.2) is 38.5 Å². The Bertz CT molecular complexity index is 733. The van der Waals surface area contributed by atoms with Crippen LogP contribution in [0.2, 0.25) is 0 Å². The van der Waals surface area contributed by atoms with Crippen molar-refractivity contribution in [1.82, 2.24) is 5.32 Å². The monoisotopic (exact) mass is 375 g/mol. The molecule has 0 heterocycles. The first-order chi connectivity index (χ1) is 12.6. The van der Waals surface area contributed by atoms with Crippen molar-refractivity contribution >= 4 is 23.6 Å². The van der Waals surface area contributed by atoms with E-state index >= 15 is 0 Å². The van der Waals surface area contributed by atoms with Gasteiger partial charge in [0.1, 0.15) is 11.5 Å². The summed E-state index contributed by atoms with van der Waals surface area (Å²) in [6.45, 7) is -0.00183. The number of hydrogen-bond donors (Lipinski definition) is 1. The Balaban J connectivity index is 1.68. The molecule has 1 N–H and O–H groups in total. The van der Waals surface area contributed by atoms with Gasteiger partial charge in [-0.25, -0.2) is 0 Å². The van der Waals surface area contributed by atoms with Gasteiger partial charge in [-0.15, -0.1) is 11.8 Å². The van der Waals surface area contributed by atoms with Crippen molar-refractivity contribution in [2.45, 2.75) is 11.4 Å². The first-order valence-corrected chi connectivity index (χ1v) is 8.92. The summed E-state index contributed by atoms with van der Waals surface area (Å²) in [7, 11) is 3.17. The molecular formula is C19H21NO5S. The van der Waals surface area contributed by atoms with E-state index in [1.807, 2.05) is 48.5 Å². The van der Waals surface area contributed by atoms with Crippen molar-refractivity contribution in [2.75, 3.05) is 26.6 Å². The van der Waals surface area contributed by atoms with Crippen LogP contribution in [0.25, 0.3) is 0 Å². The van der Waals surface area contributed by atoms with E-state index in [-0.39, 0.29) is 18.3 Å². The molecule has 2 aromatic carbocycles. The number of ether oxygens (including phenoxy) is 3. The van der Waals surface area contributed by atoms with E-state index < -0.39 is 5.97 Å². The van der Waals surface area contributed by atoms with E-state index in [9.17, 15) is 9.59 Å². The fourth-order valence-electron chi connectivity index (χ4n) is 2.10. The van der Waals surface area contributed by atoms with Gasteiger partial charge in [-0.1, -0.05) is 18.2 Å². The first-order valence-electron chi connectivity index (χ1n) is 7.93. The number of methoxy groups -OCH3 is 2. The second-order valence-electron chi connectivity index (χ2n) is 5.21. The highest BCUT2D eigenvalue weighted by atomic mass is 32.2. The van der Waals surface area contributed by atoms with E-state index in [2.05, 4.69) is 5.32 Å².